The van der Waals surface area contributed by atoms with E-state index in [1.807, 2.05) is 0 Å². The number of anilines is 2. The molecule has 2 aromatic heterocycles. The van der Waals surface area contributed by atoms with Gasteiger partial charge in [-0.25, -0.2) is 16.7 Å². The van der Waals surface area contributed by atoms with Crippen LogP contribution in [0.5, 0.6) is 0 Å². The van der Waals surface area contributed by atoms with Crippen molar-refractivity contribution in [3.05, 3.63) is 6.33 Å². The summed E-state index contributed by atoms with van der Waals surface area (Å²) in [5.41, 5.74) is 0.697. The molecule has 12 heteroatoms. The lowest BCUT2D eigenvalue weighted by atomic mass is 10.1. The van der Waals surface area contributed by atoms with Crippen LogP contribution in [0.25, 0.3) is 11.2 Å². The van der Waals surface area contributed by atoms with Crippen molar-refractivity contribution in [2.45, 2.75) is 24.5 Å². The summed E-state index contributed by atoms with van der Waals surface area (Å²) in [6.07, 6.45) is -2.96. The highest BCUT2D eigenvalue weighted by atomic mass is 16.6. The zero-order valence-electron chi connectivity index (χ0n) is 13.2. The minimum atomic E-state index is -1.26. The Kier molecular flexibility index (Phi) is 4.25. The zero-order chi connectivity index (χ0) is 17.6. The highest BCUT2D eigenvalue weighted by Crippen LogP contribution is 2.33. The van der Waals surface area contributed by atoms with Crippen LogP contribution in [0.3, 0.4) is 0 Å². The summed E-state index contributed by atoms with van der Waals surface area (Å²) < 4.78 is 6.96. The number of nitrogens with two attached hydrogens (primary N) is 2. The standard InChI is InChI=1S/C12H20N8O4/c1-18(13)9-6-10(17-12(16-9)19(2)14)20(4-15-6)11-8(23)7(22)5(3-21)24-11/h4-5,7-8,11,21-23H,3,13-14H2,1-2H3/t5-,7-,8-,11-/m1/s1. The third-order valence-corrected chi connectivity index (χ3v) is 3.83. The van der Waals surface area contributed by atoms with Gasteiger partial charge in [-0.05, 0) is 0 Å². The van der Waals surface area contributed by atoms with E-state index in [0.717, 1.165) is 0 Å². The van der Waals surface area contributed by atoms with Crippen LogP contribution in [-0.4, -0.2) is 73.9 Å². The lowest BCUT2D eigenvalue weighted by Gasteiger charge is -2.19. The first-order chi connectivity index (χ1) is 11.3. The fourth-order valence-corrected chi connectivity index (χ4v) is 2.59. The Bertz CT molecular complexity index is 735. The van der Waals surface area contributed by atoms with Crippen LogP contribution in [0.15, 0.2) is 6.33 Å². The van der Waals surface area contributed by atoms with Crippen molar-refractivity contribution in [1.29, 1.82) is 0 Å². The summed E-state index contributed by atoms with van der Waals surface area (Å²) in [4.78, 5) is 12.7. The molecule has 0 radical (unpaired) electrons. The summed E-state index contributed by atoms with van der Waals surface area (Å²) >= 11 is 0. The third kappa shape index (κ3) is 2.54. The minimum Gasteiger partial charge on any atom is -0.394 e. The number of ether oxygens (including phenoxy) is 1. The molecule has 3 heterocycles. The van der Waals surface area contributed by atoms with E-state index in [2.05, 4.69) is 15.0 Å². The normalized spacial score (nSPS) is 27.0. The smallest absolute Gasteiger partial charge is 0.243 e. The number of hydrogen-bond acceptors (Lipinski definition) is 11. The van der Waals surface area contributed by atoms with Gasteiger partial charge in [0.15, 0.2) is 23.2 Å². The number of aromatic nitrogens is 4. The highest BCUT2D eigenvalue weighted by molar-refractivity contribution is 5.84. The number of hydrazine groups is 2. The number of aliphatic hydroxyl groups excluding tert-OH is 3. The number of nitrogens with zero attached hydrogens (tertiary/aromatic N) is 6. The first kappa shape index (κ1) is 16.8. The van der Waals surface area contributed by atoms with Gasteiger partial charge in [-0.15, -0.1) is 0 Å². The van der Waals surface area contributed by atoms with Gasteiger partial charge in [0.25, 0.3) is 0 Å². The maximum absolute atomic E-state index is 10.2. The zero-order valence-corrected chi connectivity index (χ0v) is 13.2. The molecule has 4 atom stereocenters. The van der Waals surface area contributed by atoms with Crippen LogP contribution < -0.4 is 21.7 Å². The molecule has 0 spiro atoms. The number of rotatable bonds is 4. The maximum Gasteiger partial charge on any atom is 0.243 e. The van der Waals surface area contributed by atoms with Gasteiger partial charge in [0.05, 0.1) is 12.9 Å². The summed E-state index contributed by atoms with van der Waals surface area (Å²) in [5.74, 6) is 12.0. The van der Waals surface area contributed by atoms with E-state index in [1.54, 1.807) is 14.1 Å². The molecule has 0 aliphatic carbocycles. The molecular weight excluding hydrogens is 320 g/mol. The quantitative estimate of drug-likeness (QED) is 0.285. The van der Waals surface area contributed by atoms with E-state index in [1.165, 1.54) is 20.9 Å². The van der Waals surface area contributed by atoms with Crippen molar-refractivity contribution in [3.63, 3.8) is 0 Å². The Morgan fingerprint density at radius 1 is 1.21 bits per heavy atom. The summed E-state index contributed by atoms with van der Waals surface area (Å²) in [5, 5.41) is 31.8. The molecule has 1 aliphatic rings. The Labute approximate surface area is 136 Å². The average molecular weight is 340 g/mol. The van der Waals surface area contributed by atoms with Crippen LogP contribution in [0.2, 0.25) is 0 Å². The molecule has 3 rings (SSSR count). The molecule has 7 N–H and O–H groups in total. The van der Waals surface area contributed by atoms with Crippen LogP contribution >= 0.6 is 0 Å². The molecule has 132 valence electrons. The van der Waals surface area contributed by atoms with Gasteiger partial charge >= 0.3 is 0 Å². The predicted molar refractivity (Wildman–Crippen MR) is 83.5 cm³/mol. The number of imidazole rings is 1. The van der Waals surface area contributed by atoms with E-state index in [9.17, 15) is 15.3 Å². The SMILES string of the molecule is CN(N)c1nc(N(C)N)c2ncn([C@@H]3O[C@H](CO)[C@@H](O)[C@H]3O)c2n1. The molecule has 0 aromatic carbocycles. The fourth-order valence-electron chi connectivity index (χ4n) is 2.59. The topological polar surface area (TPSA) is 172 Å². The Hall–Kier alpha value is -2.09. The van der Waals surface area contributed by atoms with Gasteiger partial charge in [-0.3, -0.25) is 14.6 Å². The summed E-state index contributed by atoms with van der Waals surface area (Å²) in [6, 6.07) is 0. The van der Waals surface area contributed by atoms with Gasteiger partial charge in [-0.2, -0.15) is 9.97 Å². The van der Waals surface area contributed by atoms with Crippen LogP contribution in [0, 0.1) is 0 Å². The van der Waals surface area contributed by atoms with Gasteiger partial charge in [0.1, 0.15) is 18.3 Å². The minimum absolute atomic E-state index is 0.184. The second-order valence-electron chi connectivity index (χ2n) is 5.62. The van der Waals surface area contributed by atoms with Gasteiger partial charge < -0.3 is 20.1 Å². The Balaban J connectivity index is 2.13. The molecule has 2 aromatic rings. The van der Waals surface area contributed by atoms with E-state index >= 15 is 0 Å². The van der Waals surface area contributed by atoms with E-state index < -0.39 is 31.1 Å². The lowest BCUT2D eigenvalue weighted by molar-refractivity contribution is -0.0511. The Morgan fingerprint density at radius 3 is 2.46 bits per heavy atom. The van der Waals surface area contributed by atoms with Crippen molar-refractivity contribution in [2.75, 3.05) is 30.7 Å². The molecular formula is C12H20N8O4. The average Bonchev–Trinajstić information content (AvgIpc) is 3.08. The van der Waals surface area contributed by atoms with Gasteiger partial charge in [0, 0.05) is 14.1 Å². The molecule has 24 heavy (non-hydrogen) atoms. The fraction of sp³-hybridized carbons (Fsp3) is 0.583. The highest BCUT2D eigenvalue weighted by Gasteiger charge is 2.44. The molecule has 1 saturated heterocycles. The van der Waals surface area contributed by atoms with Crippen molar-refractivity contribution in [3.8, 4) is 0 Å². The molecule has 0 unspecified atom stereocenters. The molecule has 1 fully saturated rings. The third-order valence-electron chi connectivity index (χ3n) is 3.83. The van der Waals surface area contributed by atoms with Crippen LogP contribution in [0.4, 0.5) is 11.8 Å². The summed E-state index contributed by atoms with van der Waals surface area (Å²) in [7, 11) is 3.15. The summed E-state index contributed by atoms with van der Waals surface area (Å²) in [6.45, 7) is -0.427. The van der Waals surface area contributed by atoms with Gasteiger partial charge in [0.2, 0.25) is 5.95 Å². The molecule has 0 saturated carbocycles. The monoisotopic (exact) mass is 340 g/mol. The molecule has 12 nitrogen and oxygen atoms in total. The van der Waals surface area contributed by atoms with Crippen molar-refractivity contribution < 1.29 is 20.1 Å². The maximum atomic E-state index is 10.2. The number of aliphatic hydroxyl groups is 3. The van der Waals surface area contributed by atoms with E-state index in [-0.39, 0.29) is 5.95 Å². The first-order valence-electron chi connectivity index (χ1n) is 7.19. The molecule has 1 aliphatic heterocycles. The largest absolute Gasteiger partial charge is 0.394 e. The van der Waals surface area contributed by atoms with Crippen molar-refractivity contribution in [1.82, 2.24) is 19.5 Å². The second-order valence-corrected chi connectivity index (χ2v) is 5.62. The molecule has 0 bridgehead atoms. The second kappa shape index (κ2) is 6.08. The van der Waals surface area contributed by atoms with Crippen molar-refractivity contribution in [2.24, 2.45) is 11.7 Å². The van der Waals surface area contributed by atoms with E-state index in [0.29, 0.717) is 17.0 Å². The number of fused-ring (bicyclic) bond motifs is 1. The molecule has 0 amide bonds. The van der Waals surface area contributed by atoms with Crippen molar-refractivity contribution >= 4 is 22.9 Å². The van der Waals surface area contributed by atoms with Crippen LogP contribution in [0.1, 0.15) is 6.23 Å². The Morgan fingerprint density at radius 2 is 1.92 bits per heavy atom. The lowest BCUT2D eigenvalue weighted by Crippen LogP contribution is -2.33. The predicted octanol–water partition coefficient (Wildman–Crippen LogP) is -2.94. The van der Waals surface area contributed by atoms with E-state index in [4.69, 9.17) is 16.4 Å². The van der Waals surface area contributed by atoms with Crippen LogP contribution in [-0.2, 0) is 4.74 Å². The first-order valence-corrected chi connectivity index (χ1v) is 7.19. The van der Waals surface area contributed by atoms with Gasteiger partial charge in [-0.1, -0.05) is 0 Å². The number of hydrogen-bond donors (Lipinski definition) is 5.